The number of sulfonamides is 1. The number of carbonyl (C=O) groups is 1. The fourth-order valence-corrected chi connectivity index (χ4v) is 3.95. The van der Waals surface area contributed by atoms with Crippen molar-refractivity contribution in [2.45, 2.75) is 40.0 Å². The second-order valence-electron chi connectivity index (χ2n) is 6.77. The Balaban J connectivity index is 2.00. The van der Waals surface area contributed by atoms with Crippen molar-refractivity contribution in [1.82, 2.24) is 0 Å². The molecule has 0 aliphatic heterocycles. The first kappa shape index (κ1) is 21.0. The van der Waals surface area contributed by atoms with Crippen LogP contribution in [0.25, 0.3) is 0 Å². The molecule has 146 valence electrons. The van der Waals surface area contributed by atoms with Crippen LogP contribution in [0.15, 0.2) is 42.5 Å². The van der Waals surface area contributed by atoms with Crippen LogP contribution in [0.4, 0.5) is 11.4 Å². The highest BCUT2D eigenvalue weighted by molar-refractivity contribution is 7.92. The summed E-state index contributed by atoms with van der Waals surface area (Å²) in [4.78, 5) is 12.3. The Bertz CT molecular complexity index is 870. The van der Waals surface area contributed by atoms with E-state index in [0.29, 0.717) is 12.1 Å². The van der Waals surface area contributed by atoms with Gasteiger partial charge < -0.3 is 5.32 Å². The first-order valence-electron chi connectivity index (χ1n) is 9.15. The molecule has 0 spiro atoms. The van der Waals surface area contributed by atoms with Gasteiger partial charge in [0.1, 0.15) is 0 Å². The summed E-state index contributed by atoms with van der Waals surface area (Å²) in [7, 11) is -3.41. The normalized spacial score (nSPS) is 11.3. The summed E-state index contributed by atoms with van der Waals surface area (Å²) in [6, 6.07) is 13.4. The predicted molar refractivity (Wildman–Crippen MR) is 112 cm³/mol. The molecule has 0 fully saturated rings. The van der Waals surface area contributed by atoms with Gasteiger partial charge in [-0.05, 0) is 55.5 Å². The van der Waals surface area contributed by atoms with Gasteiger partial charge in [-0.3, -0.25) is 9.10 Å². The summed E-state index contributed by atoms with van der Waals surface area (Å²) in [6.45, 7) is 6.23. The van der Waals surface area contributed by atoms with Gasteiger partial charge in [0.05, 0.1) is 11.9 Å². The van der Waals surface area contributed by atoms with E-state index in [2.05, 4.69) is 12.2 Å². The van der Waals surface area contributed by atoms with Crippen molar-refractivity contribution in [3.05, 3.63) is 59.2 Å². The molecule has 1 N–H and O–H groups in total. The van der Waals surface area contributed by atoms with E-state index >= 15 is 0 Å². The van der Waals surface area contributed by atoms with Crippen LogP contribution < -0.4 is 9.62 Å². The number of hydrogen-bond donors (Lipinski definition) is 1. The number of carbonyl (C=O) groups excluding carboxylic acids is 1. The summed E-state index contributed by atoms with van der Waals surface area (Å²) in [5.41, 5.74) is 4.64. The second kappa shape index (κ2) is 9.04. The largest absolute Gasteiger partial charge is 0.326 e. The number of nitrogens with zero attached hydrogens (tertiary/aromatic N) is 1. The van der Waals surface area contributed by atoms with Crippen molar-refractivity contribution in [3.63, 3.8) is 0 Å². The molecule has 0 radical (unpaired) electrons. The van der Waals surface area contributed by atoms with Gasteiger partial charge in [0.2, 0.25) is 15.9 Å². The van der Waals surface area contributed by atoms with Crippen molar-refractivity contribution >= 4 is 27.3 Å². The monoisotopic (exact) mass is 388 g/mol. The molecular weight excluding hydrogens is 360 g/mol. The Morgan fingerprint density at radius 1 is 1.04 bits per heavy atom. The van der Waals surface area contributed by atoms with Crippen LogP contribution in [-0.2, 0) is 21.2 Å². The molecular formula is C21H28N2O3S. The molecule has 0 bridgehead atoms. The van der Waals surface area contributed by atoms with E-state index in [4.69, 9.17) is 0 Å². The summed E-state index contributed by atoms with van der Waals surface area (Å²) in [6.07, 6.45) is 2.79. The SMILES string of the molecule is CCc1ccc(N(CCCC(=O)Nc2c(C)cccc2C)S(C)(=O)=O)cc1. The lowest BCUT2D eigenvalue weighted by atomic mass is 10.1. The van der Waals surface area contributed by atoms with Crippen molar-refractivity contribution in [2.75, 3.05) is 22.4 Å². The molecule has 6 heteroatoms. The van der Waals surface area contributed by atoms with E-state index in [-0.39, 0.29) is 18.9 Å². The van der Waals surface area contributed by atoms with Crippen LogP contribution in [0.1, 0.15) is 36.5 Å². The molecule has 1 amide bonds. The number of nitrogens with one attached hydrogen (secondary N) is 1. The predicted octanol–water partition coefficient (Wildman–Crippen LogP) is 4.05. The fourth-order valence-electron chi connectivity index (χ4n) is 2.98. The third-order valence-electron chi connectivity index (χ3n) is 4.54. The molecule has 0 atom stereocenters. The topological polar surface area (TPSA) is 66.5 Å². The van der Waals surface area contributed by atoms with E-state index in [1.807, 2.05) is 56.3 Å². The highest BCUT2D eigenvalue weighted by Crippen LogP contribution is 2.21. The molecule has 5 nitrogen and oxygen atoms in total. The van der Waals surface area contributed by atoms with Crippen molar-refractivity contribution < 1.29 is 13.2 Å². The fraction of sp³-hybridized carbons (Fsp3) is 0.381. The summed E-state index contributed by atoms with van der Waals surface area (Å²) >= 11 is 0. The Morgan fingerprint density at radius 3 is 2.15 bits per heavy atom. The van der Waals surface area contributed by atoms with Gasteiger partial charge in [-0.15, -0.1) is 0 Å². The molecule has 2 aromatic rings. The Labute approximate surface area is 162 Å². The number of anilines is 2. The third-order valence-corrected chi connectivity index (χ3v) is 5.74. The lowest BCUT2D eigenvalue weighted by Gasteiger charge is -2.22. The molecule has 0 aliphatic rings. The molecule has 27 heavy (non-hydrogen) atoms. The van der Waals surface area contributed by atoms with Crippen LogP contribution in [-0.4, -0.2) is 27.1 Å². The zero-order valence-corrected chi connectivity index (χ0v) is 17.3. The minimum Gasteiger partial charge on any atom is -0.326 e. The number of aryl methyl sites for hydroxylation is 3. The molecule has 0 aromatic heterocycles. The first-order chi connectivity index (χ1) is 12.7. The zero-order chi connectivity index (χ0) is 20.0. The second-order valence-corrected chi connectivity index (χ2v) is 8.68. The maximum atomic E-state index is 12.3. The van der Waals surface area contributed by atoms with Crippen LogP contribution in [0.2, 0.25) is 0 Å². The molecule has 0 aliphatic carbocycles. The third kappa shape index (κ3) is 5.82. The standard InChI is InChI=1S/C21H28N2O3S/c1-5-18-11-13-19(14-12-18)23(27(4,25)26)15-7-10-20(24)22-21-16(2)8-6-9-17(21)3/h6,8-9,11-14H,5,7,10,15H2,1-4H3,(H,22,24). The van der Waals surface area contributed by atoms with Gasteiger partial charge in [-0.25, -0.2) is 8.42 Å². The van der Waals surface area contributed by atoms with Crippen LogP contribution in [0.3, 0.4) is 0 Å². The average molecular weight is 389 g/mol. The smallest absolute Gasteiger partial charge is 0.232 e. The minimum absolute atomic E-state index is 0.109. The first-order valence-corrected chi connectivity index (χ1v) is 11.0. The quantitative estimate of drug-likeness (QED) is 0.742. The molecule has 2 aromatic carbocycles. The van der Waals surface area contributed by atoms with Gasteiger partial charge in [0, 0.05) is 18.7 Å². The van der Waals surface area contributed by atoms with E-state index < -0.39 is 10.0 Å². The average Bonchev–Trinajstić information content (AvgIpc) is 2.61. The van der Waals surface area contributed by atoms with Crippen LogP contribution in [0.5, 0.6) is 0 Å². The van der Waals surface area contributed by atoms with E-state index in [0.717, 1.165) is 28.8 Å². The van der Waals surface area contributed by atoms with Crippen molar-refractivity contribution in [2.24, 2.45) is 0 Å². The maximum Gasteiger partial charge on any atom is 0.232 e. The van der Waals surface area contributed by atoms with Crippen LogP contribution >= 0.6 is 0 Å². The lowest BCUT2D eigenvalue weighted by molar-refractivity contribution is -0.116. The number of benzene rings is 2. The zero-order valence-electron chi connectivity index (χ0n) is 16.5. The van der Waals surface area contributed by atoms with Gasteiger partial charge in [-0.2, -0.15) is 0 Å². The van der Waals surface area contributed by atoms with Gasteiger partial charge in [0.15, 0.2) is 0 Å². The number of rotatable bonds is 8. The lowest BCUT2D eigenvalue weighted by Crippen LogP contribution is -2.31. The van der Waals surface area contributed by atoms with Gasteiger partial charge >= 0.3 is 0 Å². The number of amides is 1. The van der Waals surface area contributed by atoms with Gasteiger partial charge in [-0.1, -0.05) is 37.3 Å². The van der Waals surface area contributed by atoms with Crippen LogP contribution in [0, 0.1) is 13.8 Å². The summed E-state index contributed by atoms with van der Waals surface area (Å²) < 4.78 is 25.7. The Kier molecular flexibility index (Phi) is 7.02. The molecule has 0 saturated heterocycles. The number of hydrogen-bond acceptors (Lipinski definition) is 3. The van der Waals surface area contributed by atoms with E-state index in [1.54, 1.807) is 0 Å². The number of para-hydroxylation sites is 1. The van der Waals surface area contributed by atoms with Crippen molar-refractivity contribution in [1.29, 1.82) is 0 Å². The Hall–Kier alpha value is -2.34. The summed E-state index contributed by atoms with van der Waals surface area (Å²) in [5, 5.41) is 2.94. The van der Waals surface area contributed by atoms with Crippen molar-refractivity contribution in [3.8, 4) is 0 Å². The molecule has 0 saturated carbocycles. The highest BCUT2D eigenvalue weighted by atomic mass is 32.2. The minimum atomic E-state index is -3.41. The highest BCUT2D eigenvalue weighted by Gasteiger charge is 2.17. The van der Waals surface area contributed by atoms with Gasteiger partial charge in [0.25, 0.3) is 0 Å². The van der Waals surface area contributed by atoms with E-state index in [9.17, 15) is 13.2 Å². The molecule has 2 rings (SSSR count). The summed E-state index contributed by atoms with van der Waals surface area (Å²) in [5.74, 6) is -0.109. The van der Waals surface area contributed by atoms with E-state index in [1.165, 1.54) is 10.6 Å². The Morgan fingerprint density at radius 2 is 1.63 bits per heavy atom. The molecule has 0 unspecified atom stereocenters. The molecule has 0 heterocycles. The maximum absolute atomic E-state index is 12.3.